The Hall–Kier alpha value is -2.86. The van der Waals surface area contributed by atoms with Crippen molar-refractivity contribution in [1.82, 2.24) is 19.7 Å². The summed E-state index contributed by atoms with van der Waals surface area (Å²) in [5.74, 6) is 0.130. The molecular formula is C23H27FN4O5S. The number of nitrogens with zero attached hydrogens (tertiary/aromatic N) is 3. The highest BCUT2D eigenvalue weighted by Crippen LogP contribution is 2.25. The van der Waals surface area contributed by atoms with E-state index in [-0.39, 0.29) is 23.4 Å². The summed E-state index contributed by atoms with van der Waals surface area (Å²) in [5.41, 5.74) is 1.41. The summed E-state index contributed by atoms with van der Waals surface area (Å²) in [5, 5.41) is 18.1. The standard InChI is InChI=1S/C23H27FN4O5S/c1-32-19-3-2-4-20(13-19)34(30,31)26-21-10-9-18(33-23(21)15-29)11-12-28-14-22(25-27-28)16-5-7-17(24)8-6-16/h2-8,13-14,18,21,23,26,29H,9-12,15H2,1H3/t18-,21+,23+/m0/s1. The second-order valence-electron chi connectivity index (χ2n) is 8.13. The summed E-state index contributed by atoms with van der Waals surface area (Å²) < 4.78 is 54.2. The lowest BCUT2D eigenvalue weighted by molar-refractivity contribution is -0.0891. The molecule has 2 heterocycles. The van der Waals surface area contributed by atoms with Gasteiger partial charge < -0.3 is 14.6 Å². The SMILES string of the molecule is COc1cccc(S(=O)(=O)N[C@@H]2CC[C@@H](CCn3cc(-c4ccc(F)cc4)nn3)O[C@@H]2CO)c1. The van der Waals surface area contributed by atoms with Crippen LogP contribution in [-0.4, -0.2) is 60.5 Å². The number of aliphatic hydroxyl groups is 1. The summed E-state index contributed by atoms with van der Waals surface area (Å²) >= 11 is 0. The Balaban J connectivity index is 1.33. The minimum atomic E-state index is -3.80. The fourth-order valence-electron chi connectivity index (χ4n) is 3.95. The van der Waals surface area contributed by atoms with E-state index in [2.05, 4.69) is 15.0 Å². The molecule has 9 nitrogen and oxygen atoms in total. The molecule has 3 aromatic rings. The van der Waals surface area contributed by atoms with Gasteiger partial charge >= 0.3 is 0 Å². The van der Waals surface area contributed by atoms with Gasteiger partial charge in [0.1, 0.15) is 17.3 Å². The van der Waals surface area contributed by atoms with Crippen LogP contribution in [0.1, 0.15) is 19.3 Å². The molecule has 0 radical (unpaired) electrons. The molecule has 1 fully saturated rings. The molecule has 1 saturated heterocycles. The third-order valence-corrected chi connectivity index (χ3v) is 7.30. The first kappa shape index (κ1) is 24.3. The predicted octanol–water partition coefficient (Wildman–Crippen LogP) is 2.37. The number of nitrogens with one attached hydrogen (secondary N) is 1. The zero-order valence-corrected chi connectivity index (χ0v) is 19.5. The van der Waals surface area contributed by atoms with E-state index in [4.69, 9.17) is 9.47 Å². The molecule has 34 heavy (non-hydrogen) atoms. The summed E-state index contributed by atoms with van der Waals surface area (Å²) in [6.45, 7) is 0.233. The average molecular weight is 491 g/mol. The topological polar surface area (TPSA) is 116 Å². The smallest absolute Gasteiger partial charge is 0.241 e. The number of methoxy groups -OCH3 is 1. The third kappa shape index (κ3) is 5.79. The Morgan fingerprint density at radius 3 is 2.76 bits per heavy atom. The Kier molecular flexibility index (Phi) is 7.57. The first-order chi connectivity index (χ1) is 16.4. The van der Waals surface area contributed by atoms with Gasteiger partial charge in [0, 0.05) is 18.2 Å². The molecule has 4 rings (SSSR count). The van der Waals surface area contributed by atoms with Gasteiger partial charge in [0.05, 0.1) is 43.1 Å². The van der Waals surface area contributed by atoms with Gasteiger partial charge in [-0.1, -0.05) is 11.3 Å². The van der Waals surface area contributed by atoms with Crippen molar-refractivity contribution in [2.75, 3.05) is 13.7 Å². The quantitative estimate of drug-likeness (QED) is 0.473. The highest BCUT2D eigenvalue weighted by atomic mass is 32.2. The number of aromatic nitrogens is 3. The Morgan fingerprint density at radius 1 is 1.24 bits per heavy atom. The monoisotopic (exact) mass is 490 g/mol. The summed E-state index contributed by atoms with van der Waals surface area (Å²) in [6.07, 6.45) is 2.74. The van der Waals surface area contributed by atoms with E-state index in [1.807, 2.05) is 0 Å². The van der Waals surface area contributed by atoms with Crippen molar-refractivity contribution in [2.45, 2.75) is 49.0 Å². The van der Waals surface area contributed by atoms with Crippen LogP contribution in [0.3, 0.4) is 0 Å². The maximum absolute atomic E-state index is 13.1. The second-order valence-corrected chi connectivity index (χ2v) is 9.84. The number of rotatable bonds is 9. The van der Waals surface area contributed by atoms with Crippen molar-refractivity contribution < 1.29 is 27.4 Å². The van der Waals surface area contributed by atoms with Gasteiger partial charge in [-0.25, -0.2) is 17.5 Å². The number of benzene rings is 2. The Bertz CT molecular complexity index is 1200. The first-order valence-corrected chi connectivity index (χ1v) is 12.4. The van der Waals surface area contributed by atoms with Gasteiger partial charge in [-0.2, -0.15) is 0 Å². The number of aryl methyl sites for hydroxylation is 1. The zero-order valence-electron chi connectivity index (χ0n) is 18.7. The molecule has 1 aromatic heterocycles. The summed E-state index contributed by atoms with van der Waals surface area (Å²) in [6, 6.07) is 11.7. The molecule has 0 amide bonds. The minimum absolute atomic E-state index is 0.0915. The van der Waals surface area contributed by atoms with Crippen LogP contribution in [0.2, 0.25) is 0 Å². The molecule has 2 N–H and O–H groups in total. The molecule has 3 atom stereocenters. The van der Waals surface area contributed by atoms with Crippen LogP contribution in [0.5, 0.6) is 5.75 Å². The maximum Gasteiger partial charge on any atom is 0.241 e. The van der Waals surface area contributed by atoms with E-state index in [9.17, 15) is 17.9 Å². The maximum atomic E-state index is 13.1. The van der Waals surface area contributed by atoms with Crippen molar-refractivity contribution in [3.63, 3.8) is 0 Å². The number of aliphatic hydroxyl groups excluding tert-OH is 1. The van der Waals surface area contributed by atoms with E-state index >= 15 is 0 Å². The molecule has 1 aliphatic rings. The van der Waals surface area contributed by atoms with Crippen LogP contribution in [0, 0.1) is 5.82 Å². The van der Waals surface area contributed by atoms with Crippen LogP contribution in [0.4, 0.5) is 4.39 Å². The van der Waals surface area contributed by atoms with Crippen LogP contribution >= 0.6 is 0 Å². The van der Waals surface area contributed by atoms with E-state index in [1.54, 1.807) is 35.1 Å². The van der Waals surface area contributed by atoms with E-state index < -0.39 is 22.2 Å². The van der Waals surface area contributed by atoms with Gasteiger partial charge in [-0.3, -0.25) is 4.68 Å². The predicted molar refractivity (Wildman–Crippen MR) is 122 cm³/mol. The molecule has 11 heteroatoms. The molecule has 182 valence electrons. The Labute approximate surface area is 197 Å². The first-order valence-electron chi connectivity index (χ1n) is 11.0. The largest absolute Gasteiger partial charge is 0.497 e. The lowest BCUT2D eigenvalue weighted by Crippen LogP contribution is -2.50. The molecule has 0 unspecified atom stereocenters. The van der Waals surface area contributed by atoms with Crippen LogP contribution in [-0.2, 0) is 21.3 Å². The molecule has 2 aromatic carbocycles. The molecule has 0 aliphatic carbocycles. The molecule has 0 bridgehead atoms. The molecular weight excluding hydrogens is 463 g/mol. The number of ether oxygens (including phenoxy) is 2. The van der Waals surface area contributed by atoms with Crippen LogP contribution < -0.4 is 9.46 Å². The van der Waals surface area contributed by atoms with Crippen molar-refractivity contribution in [1.29, 1.82) is 0 Å². The fourth-order valence-corrected chi connectivity index (χ4v) is 5.28. The highest BCUT2D eigenvalue weighted by molar-refractivity contribution is 7.89. The van der Waals surface area contributed by atoms with Crippen molar-refractivity contribution in [3.05, 3.63) is 60.5 Å². The van der Waals surface area contributed by atoms with Gasteiger partial charge in [-0.15, -0.1) is 5.10 Å². The highest BCUT2D eigenvalue weighted by Gasteiger charge is 2.34. The lowest BCUT2D eigenvalue weighted by atomic mass is 9.98. The van der Waals surface area contributed by atoms with Crippen molar-refractivity contribution in [3.8, 4) is 17.0 Å². The van der Waals surface area contributed by atoms with Gasteiger partial charge in [0.2, 0.25) is 10.0 Å². The molecule has 1 aliphatic heterocycles. The average Bonchev–Trinajstić information content (AvgIpc) is 3.32. The van der Waals surface area contributed by atoms with E-state index in [0.717, 1.165) is 5.56 Å². The summed E-state index contributed by atoms with van der Waals surface area (Å²) in [4.78, 5) is 0.0915. The lowest BCUT2D eigenvalue weighted by Gasteiger charge is -2.36. The number of hydrogen-bond acceptors (Lipinski definition) is 7. The normalized spacial score (nSPS) is 20.9. The van der Waals surface area contributed by atoms with Gasteiger partial charge in [-0.05, 0) is 55.7 Å². The van der Waals surface area contributed by atoms with Gasteiger partial charge in [0.25, 0.3) is 0 Å². The number of hydrogen-bond donors (Lipinski definition) is 2. The summed E-state index contributed by atoms with van der Waals surface area (Å²) in [7, 11) is -2.33. The molecule has 0 saturated carbocycles. The molecule has 0 spiro atoms. The minimum Gasteiger partial charge on any atom is -0.497 e. The number of sulfonamides is 1. The zero-order chi connectivity index (χ0) is 24.1. The second kappa shape index (κ2) is 10.6. The van der Waals surface area contributed by atoms with Crippen LogP contribution in [0.15, 0.2) is 59.6 Å². The van der Waals surface area contributed by atoms with Crippen molar-refractivity contribution in [2.24, 2.45) is 0 Å². The van der Waals surface area contributed by atoms with Gasteiger partial charge in [0.15, 0.2) is 0 Å². The fraction of sp³-hybridized carbons (Fsp3) is 0.391. The van der Waals surface area contributed by atoms with E-state index in [0.29, 0.717) is 37.3 Å². The third-order valence-electron chi connectivity index (χ3n) is 5.81. The van der Waals surface area contributed by atoms with Crippen molar-refractivity contribution >= 4 is 10.0 Å². The van der Waals surface area contributed by atoms with E-state index in [1.165, 1.54) is 31.4 Å². The Morgan fingerprint density at radius 2 is 2.03 bits per heavy atom. The number of halogens is 1. The van der Waals surface area contributed by atoms with Crippen LogP contribution in [0.25, 0.3) is 11.3 Å².